The highest BCUT2D eigenvalue weighted by Crippen LogP contribution is 2.21. The van der Waals surface area contributed by atoms with Gasteiger partial charge in [0, 0.05) is 19.2 Å². The number of carboxylic acid groups (broad SMARTS) is 1. The van der Waals surface area contributed by atoms with Crippen LogP contribution >= 0.6 is 0 Å². The maximum absolute atomic E-state index is 12.4. The van der Waals surface area contributed by atoms with Gasteiger partial charge in [0.1, 0.15) is 6.04 Å². The number of benzene rings is 1. The van der Waals surface area contributed by atoms with Crippen molar-refractivity contribution in [3.8, 4) is 0 Å². The number of hydrogen-bond donors (Lipinski definition) is 1. The molecule has 1 atom stereocenters. The van der Waals surface area contributed by atoms with Crippen LogP contribution in [0.4, 0.5) is 0 Å². The Balaban J connectivity index is 2.16. The summed E-state index contributed by atoms with van der Waals surface area (Å²) >= 11 is 0. The first kappa shape index (κ1) is 17.4. The fourth-order valence-electron chi connectivity index (χ4n) is 2.55. The minimum absolute atomic E-state index is 0.0943. The topological polar surface area (TPSA) is 101 Å². The van der Waals surface area contributed by atoms with Gasteiger partial charge in [-0.1, -0.05) is 0 Å². The summed E-state index contributed by atoms with van der Waals surface area (Å²) in [5.41, 5.74) is 0.281. The fourth-order valence-corrected chi connectivity index (χ4v) is 3.72. The molecule has 0 spiro atoms. The van der Waals surface area contributed by atoms with Crippen LogP contribution < -0.4 is 0 Å². The van der Waals surface area contributed by atoms with Gasteiger partial charge in [0.15, 0.2) is 9.84 Å². The lowest BCUT2D eigenvalue weighted by molar-refractivity contribution is -0.141. The summed E-state index contributed by atoms with van der Waals surface area (Å²) in [5.74, 6) is -1.55. The molecule has 1 saturated heterocycles. The number of sulfone groups is 1. The van der Waals surface area contributed by atoms with Crippen LogP contribution in [0.5, 0.6) is 0 Å². The number of ether oxygens (including phenoxy) is 1. The molecule has 0 bridgehead atoms. The van der Waals surface area contributed by atoms with E-state index < -0.39 is 27.8 Å². The van der Waals surface area contributed by atoms with Crippen LogP contribution in [0.1, 0.15) is 23.2 Å². The van der Waals surface area contributed by atoms with Crippen LogP contribution in [-0.4, -0.2) is 62.4 Å². The number of carbonyl (C=O) groups excluding carboxylic acids is 1. The minimum atomic E-state index is -3.45. The second-order valence-electron chi connectivity index (χ2n) is 5.33. The van der Waals surface area contributed by atoms with Gasteiger partial charge in [0.25, 0.3) is 5.91 Å². The summed E-state index contributed by atoms with van der Waals surface area (Å²) in [7, 11) is -2.03. The van der Waals surface area contributed by atoms with E-state index in [9.17, 15) is 18.0 Å². The third kappa shape index (κ3) is 3.89. The Morgan fingerprint density at radius 1 is 1.30 bits per heavy atom. The molecule has 8 heteroatoms. The molecule has 1 aliphatic heterocycles. The standard InChI is InChI=1S/C15H19NO6S/c1-22-9-10-23(20,21)12-6-4-11(5-7-12)14(17)16-8-2-3-13(16)15(18)19/h4-7,13H,2-3,8-10H2,1H3,(H,18,19)/t13-/m1/s1. The summed E-state index contributed by atoms with van der Waals surface area (Å²) < 4.78 is 28.8. The predicted molar refractivity (Wildman–Crippen MR) is 82.1 cm³/mol. The maximum Gasteiger partial charge on any atom is 0.326 e. The van der Waals surface area contributed by atoms with E-state index in [1.165, 1.54) is 36.3 Å². The normalized spacial score (nSPS) is 18.1. The van der Waals surface area contributed by atoms with E-state index in [0.29, 0.717) is 19.4 Å². The molecule has 1 fully saturated rings. The second-order valence-corrected chi connectivity index (χ2v) is 7.44. The van der Waals surface area contributed by atoms with Crippen LogP contribution in [0, 0.1) is 0 Å². The van der Waals surface area contributed by atoms with E-state index in [-0.39, 0.29) is 22.8 Å². The van der Waals surface area contributed by atoms with Crippen molar-refractivity contribution in [2.75, 3.05) is 26.0 Å². The third-order valence-electron chi connectivity index (χ3n) is 3.82. The monoisotopic (exact) mass is 341 g/mol. The van der Waals surface area contributed by atoms with Gasteiger partial charge >= 0.3 is 5.97 Å². The van der Waals surface area contributed by atoms with Crippen molar-refractivity contribution in [3.63, 3.8) is 0 Å². The lowest BCUT2D eigenvalue weighted by Gasteiger charge is -2.21. The fraction of sp³-hybridized carbons (Fsp3) is 0.467. The molecule has 0 radical (unpaired) electrons. The number of methoxy groups -OCH3 is 1. The van der Waals surface area contributed by atoms with Crippen molar-refractivity contribution in [1.29, 1.82) is 0 Å². The molecule has 1 amide bonds. The number of likely N-dealkylation sites (tertiary alicyclic amines) is 1. The van der Waals surface area contributed by atoms with Crippen LogP contribution in [0.3, 0.4) is 0 Å². The Hall–Kier alpha value is -1.93. The highest BCUT2D eigenvalue weighted by atomic mass is 32.2. The van der Waals surface area contributed by atoms with Gasteiger partial charge < -0.3 is 14.7 Å². The van der Waals surface area contributed by atoms with Crippen molar-refractivity contribution in [1.82, 2.24) is 4.90 Å². The van der Waals surface area contributed by atoms with E-state index in [1.807, 2.05) is 0 Å². The van der Waals surface area contributed by atoms with Crippen molar-refractivity contribution < 1.29 is 27.9 Å². The molecule has 0 saturated carbocycles. The number of carboxylic acids is 1. The van der Waals surface area contributed by atoms with Gasteiger partial charge in [-0.2, -0.15) is 0 Å². The lowest BCUT2D eigenvalue weighted by atomic mass is 10.1. The Labute approximate surface area is 134 Å². The molecule has 7 nitrogen and oxygen atoms in total. The van der Waals surface area contributed by atoms with Gasteiger partial charge in [-0.3, -0.25) is 4.79 Å². The van der Waals surface area contributed by atoms with Gasteiger partial charge in [-0.05, 0) is 37.1 Å². The summed E-state index contributed by atoms with van der Waals surface area (Å²) in [4.78, 5) is 25.0. The van der Waals surface area contributed by atoms with E-state index in [4.69, 9.17) is 9.84 Å². The molecule has 0 unspecified atom stereocenters. The second kappa shape index (κ2) is 7.10. The molecule has 1 N–H and O–H groups in total. The molecular weight excluding hydrogens is 322 g/mol. The molecule has 1 aromatic carbocycles. The van der Waals surface area contributed by atoms with Gasteiger partial charge in [-0.15, -0.1) is 0 Å². The zero-order valence-corrected chi connectivity index (χ0v) is 13.6. The third-order valence-corrected chi connectivity index (χ3v) is 5.51. The first-order chi connectivity index (χ1) is 10.9. The van der Waals surface area contributed by atoms with Crippen molar-refractivity contribution >= 4 is 21.7 Å². The lowest BCUT2D eigenvalue weighted by Crippen LogP contribution is -2.40. The number of amides is 1. The Morgan fingerprint density at radius 2 is 1.96 bits per heavy atom. The highest BCUT2D eigenvalue weighted by molar-refractivity contribution is 7.91. The molecule has 1 heterocycles. The van der Waals surface area contributed by atoms with E-state index in [2.05, 4.69) is 0 Å². The van der Waals surface area contributed by atoms with Gasteiger partial charge in [0.2, 0.25) is 0 Å². The molecule has 1 aliphatic rings. The smallest absolute Gasteiger partial charge is 0.326 e. The van der Waals surface area contributed by atoms with Crippen LogP contribution in [0.2, 0.25) is 0 Å². The average Bonchev–Trinajstić information content (AvgIpc) is 3.02. The first-order valence-corrected chi connectivity index (χ1v) is 8.87. The zero-order valence-electron chi connectivity index (χ0n) is 12.8. The van der Waals surface area contributed by atoms with Crippen molar-refractivity contribution in [3.05, 3.63) is 29.8 Å². The molecule has 23 heavy (non-hydrogen) atoms. The van der Waals surface area contributed by atoms with Crippen LogP contribution in [0.25, 0.3) is 0 Å². The average molecular weight is 341 g/mol. The molecular formula is C15H19NO6S. The van der Waals surface area contributed by atoms with Crippen LogP contribution in [-0.2, 0) is 19.4 Å². The van der Waals surface area contributed by atoms with Crippen molar-refractivity contribution in [2.24, 2.45) is 0 Å². The quantitative estimate of drug-likeness (QED) is 0.821. The number of aliphatic carboxylic acids is 1. The first-order valence-electron chi connectivity index (χ1n) is 7.22. The number of hydrogen-bond acceptors (Lipinski definition) is 5. The van der Waals surface area contributed by atoms with Crippen LogP contribution in [0.15, 0.2) is 29.2 Å². The minimum Gasteiger partial charge on any atom is -0.480 e. The summed E-state index contributed by atoms with van der Waals surface area (Å²) in [5, 5.41) is 9.13. The molecule has 0 aliphatic carbocycles. The largest absolute Gasteiger partial charge is 0.480 e. The van der Waals surface area contributed by atoms with E-state index in [0.717, 1.165) is 0 Å². The van der Waals surface area contributed by atoms with Gasteiger partial charge in [-0.25, -0.2) is 13.2 Å². The zero-order chi connectivity index (χ0) is 17.0. The summed E-state index contributed by atoms with van der Waals surface area (Å²) in [6, 6.07) is 4.75. The number of rotatable bonds is 6. The molecule has 0 aromatic heterocycles. The molecule has 1 aromatic rings. The van der Waals surface area contributed by atoms with E-state index in [1.54, 1.807) is 0 Å². The Kier molecular flexibility index (Phi) is 5.38. The molecule has 126 valence electrons. The van der Waals surface area contributed by atoms with Gasteiger partial charge in [0.05, 0.1) is 17.3 Å². The molecule has 2 rings (SSSR count). The summed E-state index contributed by atoms with van der Waals surface area (Å²) in [6.07, 6.45) is 1.08. The number of nitrogens with zero attached hydrogens (tertiary/aromatic N) is 1. The Bertz CT molecular complexity index is 682. The maximum atomic E-state index is 12.4. The number of carbonyl (C=O) groups is 2. The Morgan fingerprint density at radius 3 is 2.52 bits per heavy atom. The highest BCUT2D eigenvalue weighted by Gasteiger charge is 2.34. The van der Waals surface area contributed by atoms with E-state index >= 15 is 0 Å². The predicted octanol–water partition coefficient (Wildman–Crippen LogP) is 0.796. The van der Waals surface area contributed by atoms with Crippen molar-refractivity contribution in [2.45, 2.75) is 23.8 Å². The SMILES string of the molecule is COCCS(=O)(=O)c1ccc(C(=O)N2CCC[C@@H]2C(=O)O)cc1. The summed E-state index contributed by atoms with van der Waals surface area (Å²) in [6.45, 7) is 0.487.